The van der Waals surface area contributed by atoms with Gasteiger partial charge in [-0.1, -0.05) is 44.2 Å². The number of hydrogen-bond acceptors (Lipinski definition) is 5. The van der Waals surface area contributed by atoms with Crippen LogP contribution in [0.15, 0.2) is 43.0 Å². The number of hydrogen-bond donors (Lipinski definition) is 2. The van der Waals surface area contributed by atoms with E-state index in [2.05, 4.69) is 62.3 Å². The van der Waals surface area contributed by atoms with Crippen molar-refractivity contribution in [1.82, 2.24) is 9.80 Å². The summed E-state index contributed by atoms with van der Waals surface area (Å²) in [5.41, 5.74) is 4.19. The zero-order chi connectivity index (χ0) is 28.4. The van der Waals surface area contributed by atoms with Crippen molar-refractivity contribution in [2.45, 2.75) is 95.4 Å². The van der Waals surface area contributed by atoms with Gasteiger partial charge in [0.25, 0.3) is 0 Å². The van der Waals surface area contributed by atoms with E-state index < -0.39 is 17.1 Å². The van der Waals surface area contributed by atoms with Crippen molar-refractivity contribution < 1.29 is 19.7 Å². The average molecular weight is 545 g/mol. The standard InChI is InChI=1S/C34H44N2O4/c1-6-16-35-17-15-33-30-25-10-11-27(37)31(30)40-32(33)26(13-14-34(33,39)28(35)19-25)36(20-21(2)3)29(38)12-9-24-8-7-22(4)23(5)18-24/h6-8,10-11,18,21,26,28,32,37,39H,1,9,12-17,19-20H2,2-5H3/t26?,28-,32?,33+,34-/m1/s1. The Hall–Kier alpha value is -2.83. The van der Waals surface area contributed by atoms with E-state index in [1.54, 1.807) is 6.07 Å². The van der Waals surface area contributed by atoms with E-state index in [0.717, 1.165) is 37.1 Å². The number of likely N-dealkylation sites (tertiary alicyclic amines) is 1. The van der Waals surface area contributed by atoms with Crippen molar-refractivity contribution in [3.05, 3.63) is 70.8 Å². The molecule has 1 amide bonds. The number of piperidine rings is 1. The van der Waals surface area contributed by atoms with Gasteiger partial charge in [-0.05, 0) is 86.7 Å². The van der Waals surface area contributed by atoms with Crippen LogP contribution < -0.4 is 4.74 Å². The first kappa shape index (κ1) is 27.3. The second-order valence-corrected chi connectivity index (χ2v) is 13.1. The van der Waals surface area contributed by atoms with Crippen molar-refractivity contribution in [2.24, 2.45) is 5.92 Å². The molecule has 2 aliphatic heterocycles. The third-order valence-corrected chi connectivity index (χ3v) is 10.4. The molecule has 6 rings (SSSR count). The number of aromatic hydroxyl groups is 1. The molecule has 6 heteroatoms. The molecule has 1 saturated carbocycles. The number of phenols is 1. The fourth-order valence-electron chi connectivity index (χ4n) is 8.48. The van der Waals surface area contributed by atoms with Gasteiger partial charge >= 0.3 is 0 Å². The Labute approximate surface area is 238 Å². The molecule has 4 aliphatic rings. The molecule has 1 spiro atoms. The predicted octanol–water partition coefficient (Wildman–Crippen LogP) is 4.84. The van der Waals surface area contributed by atoms with Gasteiger partial charge in [0.05, 0.1) is 17.1 Å². The van der Waals surface area contributed by atoms with Gasteiger partial charge in [-0.2, -0.15) is 0 Å². The molecule has 5 atom stereocenters. The molecule has 2 N–H and O–H groups in total. The molecule has 2 aromatic rings. The van der Waals surface area contributed by atoms with Crippen LogP contribution in [-0.4, -0.2) is 69.3 Å². The highest BCUT2D eigenvalue weighted by Gasteiger charge is 2.73. The minimum absolute atomic E-state index is 0.0479. The summed E-state index contributed by atoms with van der Waals surface area (Å²) >= 11 is 0. The molecular formula is C34H44N2O4. The van der Waals surface area contributed by atoms with Crippen LogP contribution in [0.4, 0.5) is 0 Å². The quantitative estimate of drug-likeness (QED) is 0.466. The number of carbonyl (C=O) groups excluding carboxylic acids is 1. The van der Waals surface area contributed by atoms with E-state index in [-0.39, 0.29) is 23.7 Å². The highest BCUT2D eigenvalue weighted by Crippen LogP contribution is 2.65. The number of amides is 1. The summed E-state index contributed by atoms with van der Waals surface area (Å²) in [5.74, 6) is 1.09. The van der Waals surface area contributed by atoms with Crippen molar-refractivity contribution in [1.29, 1.82) is 0 Å². The summed E-state index contributed by atoms with van der Waals surface area (Å²) in [6.07, 6.45) is 5.39. The van der Waals surface area contributed by atoms with E-state index in [1.807, 2.05) is 12.1 Å². The molecule has 2 fully saturated rings. The van der Waals surface area contributed by atoms with Gasteiger partial charge < -0.3 is 19.8 Å². The van der Waals surface area contributed by atoms with Crippen LogP contribution >= 0.6 is 0 Å². The first-order valence-electron chi connectivity index (χ1n) is 15.1. The molecule has 0 aromatic heterocycles. The summed E-state index contributed by atoms with van der Waals surface area (Å²) < 4.78 is 6.74. The lowest BCUT2D eigenvalue weighted by atomic mass is 9.48. The summed E-state index contributed by atoms with van der Waals surface area (Å²) in [6, 6.07) is 9.98. The number of aryl methyl sites for hydroxylation is 3. The van der Waals surface area contributed by atoms with Crippen molar-refractivity contribution in [3.63, 3.8) is 0 Å². The summed E-state index contributed by atoms with van der Waals surface area (Å²) in [6.45, 7) is 14.7. The molecule has 0 radical (unpaired) electrons. The number of aliphatic hydroxyl groups is 1. The lowest BCUT2D eigenvalue weighted by molar-refractivity contribution is -0.200. The smallest absolute Gasteiger partial charge is 0.223 e. The van der Waals surface area contributed by atoms with Crippen molar-refractivity contribution in [3.8, 4) is 11.5 Å². The predicted molar refractivity (Wildman–Crippen MR) is 157 cm³/mol. The fourth-order valence-corrected chi connectivity index (χ4v) is 8.48. The van der Waals surface area contributed by atoms with E-state index in [0.29, 0.717) is 43.9 Å². The van der Waals surface area contributed by atoms with E-state index >= 15 is 0 Å². The van der Waals surface area contributed by atoms with Crippen molar-refractivity contribution in [2.75, 3.05) is 19.6 Å². The second kappa shape index (κ2) is 9.92. The third-order valence-electron chi connectivity index (χ3n) is 10.4. The molecule has 1 saturated heterocycles. The topological polar surface area (TPSA) is 73.2 Å². The highest BCUT2D eigenvalue weighted by atomic mass is 16.5. The van der Waals surface area contributed by atoms with Crippen LogP contribution in [-0.2, 0) is 23.1 Å². The van der Waals surface area contributed by atoms with Crippen LogP contribution in [0.1, 0.15) is 67.3 Å². The van der Waals surface area contributed by atoms with Gasteiger partial charge in [0.15, 0.2) is 11.5 Å². The highest BCUT2D eigenvalue weighted by molar-refractivity contribution is 5.77. The third kappa shape index (κ3) is 3.93. The molecule has 2 bridgehead atoms. The zero-order valence-corrected chi connectivity index (χ0v) is 24.4. The van der Waals surface area contributed by atoms with E-state index in [4.69, 9.17) is 4.74 Å². The fraction of sp³-hybridized carbons (Fsp3) is 0.559. The first-order valence-corrected chi connectivity index (χ1v) is 15.1. The molecule has 2 aliphatic carbocycles. The number of ether oxygens (including phenoxy) is 1. The van der Waals surface area contributed by atoms with Gasteiger partial charge in [0.2, 0.25) is 5.91 Å². The molecule has 2 unspecified atom stereocenters. The van der Waals surface area contributed by atoms with Gasteiger partial charge in [-0.15, -0.1) is 6.58 Å². The zero-order valence-electron chi connectivity index (χ0n) is 24.4. The molecule has 214 valence electrons. The maximum Gasteiger partial charge on any atom is 0.223 e. The molecule has 6 nitrogen and oxygen atoms in total. The number of nitrogens with zero attached hydrogens (tertiary/aromatic N) is 2. The lowest BCUT2D eigenvalue weighted by Gasteiger charge is -2.64. The summed E-state index contributed by atoms with van der Waals surface area (Å²) in [7, 11) is 0. The lowest BCUT2D eigenvalue weighted by Crippen LogP contribution is -2.78. The summed E-state index contributed by atoms with van der Waals surface area (Å²) in [4.78, 5) is 18.4. The van der Waals surface area contributed by atoms with Gasteiger partial charge in [-0.25, -0.2) is 0 Å². The van der Waals surface area contributed by atoms with Gasteiger partial charge in [0.1, 0.15) is 6.10 Å². The van der Waals surface area contributed by atoms with Gasteiger partial charge in [-0.3, -0.25) is 9.69 Å². The minimum atomic E-state index is -0.993. The monoisotopic (exact) mass is 544 g/mol. The average Bonchev–Trinajstić information content (AvgIpc) is 3.27. The van der Waals surface area contributed by atoms with Gasteiger partial charge in [0, 0.05) is 31.1 Å². The summed E-state index contributed by atoms with van der Waals surface area (Å²) in [5, 5.41) is 23.6. The van der Waals surface area contributed by atoms with Crippen LogP contribution in [0.25, 0.3) is 0 Å². The van der Waals surface area contributed by atoms with E-state index in [9.17, 15) is 15.0 Å². The number of rotatable bonds is 8. The first-order chi connectivity index (χ1) is 19.1. The Morgan fingerprint density at radius 3 is 2.75 bits per heavy atom. The van der Waals surface area contributed by atoms with Crippen molar-refractivity contribution >= 4 is 5.91 Å². The molecule has 2 heterocycles. The normalized spacial score (nSPS) is 30.1. The Balaban J connectivity index is 1.37. The Kier molecular flexibility index (Phi) is 6.78. The van der Waals surface area contributed by atoms with Crippen LogP contribution in [0.3, 0.4) is 0 Å². The number of phenolic OH excluding ortho intramolecular Hbond substituents is 1. The van der Waals surface area contributed by atoms with Crippen LogP contribution in [0.5, 0.6) is 11.5 Å². The maximum absolute atomic E-state index is 14.0. The molecule has 2 aromatic carbocycles. The second-order valence-electron chi connectivity index (χ2n) is 13.1. The maximum atomic E-state index is 14.0. The Morgan fingerprint density at radius 1 is 1.23 bits per heavy atom. The molecular weight excluding hydrogens is 500 g/mol. The van der Waals surface area contributed by atoms with Crippen LogP contribution in [0, 0.1) is 19.8 Å². The van der Waals surface area contributed by atoms with E-state index in [1.165, 1.54) is 16.7 Å². The molecule has 40 heavy (non-hydrogen) atoms. The Morgan fingerprint density at radius 2 is 2.02 bits per heavy atom. The number of carbonyl (C=O) groups is 1. The Bertz CT molecular complexity index is 1340. The van der Waals surface area contributed by atoms with Crippen LogP contribution in [0.2, 0.25) is 0 Å². The largest absolute Gasteiger partial charge is 0.504 e. The number of benzene rings is 2. The SMILES string of the molecule is C=CCN1CC[C@]23c4c5ccc(O)c4OC2C(N(CC(C)C)C(=O)CCc2ccc(C)c(C)c2)CC[C@@]3(O)[C@H]1C5. The minimum Gasteiger partial charge on any atom is -0.504 e.